The molecule has 2 aliphatic rings. The van der Waals surface area contributed by atoms with Crippen LogP contribution in [-0.2, 0) is 27.4 Å². The quantitative estimate of drug-likeness (QED) is 0.248. The molecule has 42 heavy (non-hydrogen) atoms. The molecule has 0 spiro atoms. The van der Waals surface area contributed by atoms with Crippen LogP contribution in [0.15, 0.2) is 54.6 Å². The van der Waals surface area contributed by atoms with Crippen molar-refractivity contribution in [2.75, 3.05) is 51.8 Å². The van der Waals surface area contributed by atoms with Crippen molar-refractivity contribution < 1.29 is 23.9 Å². The summed E-state index contributed by atoms with van der Waals surface area (Å²) in [5, 5.41) is 4.59. The Kier molecular flexibility index (Phi) is 9.77. The summed E-state index contributed by atoms with van der Waals surface area (Å²) in [5.41, 5.74) is 3.87. The van der Waals surface area contributed by atoms with Gasteiger partial charge < -0.3 is 0 Å². The van der Waals surface area contributed by atoms with Crippen LogP contribution in [0.25, 0.3) is 0 Å². The normalized spacial score (nSPS) is 16.2. The van der Waals surface area contributed by atoms with E-state index in [4.69, 9.17) is 9.47 Å². The van der Waals surface area contributed by atoms with E-state index < -0.39 is 27.9 Å². The number of nitrogens with zero attached hydrogens (tertiary/aromatic N) is 5. The number of benzene rings is 2. The molecule has 11 heteroatoms. The summed E-state index contributed by atoms with van der Waals surface area (Å²) >= 11 is -1.42. The van der Waals surface area contributed by atoms with Gasteiger partial charge in [0, 0.05) is 0 Å². The third-order valence-electron chi connectivity index (χ3n) is 7.78. The fraction of sp³-hybridized carbons (Fsp3) is 0.419. The van der Waals surface area contributed by atoms with Crippen molar-refractivity contribution in [3.8, 4) is 0 Å². The Bertz CT molecular complexity index is 1400. The number of methoxy groups -OCH3 is 1. The van der Waals surface area contributed by atoms with Gasteiger partial charge in [0.25, 0.3) is 0 Å². The summed E-state index contributed by atoms with van der Waals surface area (Å²) in [6.07, 6.45) is 0.287. The van der Waals surface area contributed by atoms with Crippen molar-refractivity contribution in [3.63, 3.8) is 0 Å². The Balaban J connectivity index is 1.35. The monoisotopic (exact) mass is 635 g/mol. The number of hydrogen-bond donors (Lipinski definition) is 0. The topological polar surface area (TPSA) is 97.2 Å². The van der Waals surface area contributed by atoms with Gasteiger partial charge in [-0.05, 0) is 0 Å². The van der Waals surface area contributed by atoms with Crippen LogP contribution in [0.1, 0.15) is 53.0 Å². The van der Waals surface area contributed by atoms with E-state index in [1.165, 1.54) is 11.8 Å². The van der Waals surface area contributed by atoms with Crippen LogP contribution in [0.5, 0.6) is 0 Å². The van der Waals surface area contributed by atoms with Gasteiger partial charge in [-0.3, -0.25) is 0 Å². The van der Waals surface area contributed by atoms with Crippen LogP contribution in [0, 0.1) is 0 Å². The van der Waals surface area contributed by atoms with E-state index in [0.29, 0.717) is 15.7 Å². The number of fused-ring (bicyclic) bond motifs is 1. The van der Waals surface area contributed by atoms with Gasteiger partial charge in [-0.25, -0.2) is 0 Å². The van der Waals surface area contributed by atoms with E-state index in [2.05, 4.69) is 21.9 Å². The van der Waals surface area contributed by atoms with Crippen molar-refractivity contribution in [1.29, 1.82) is 0 Å². The van der Waals surface area contributed by atoms with Crippen molar-refractivity contribution >= 4 is 42.5 Å². The second-order valence-corrected chi connectivity index (χ2v) is 13.1. The first-order valence-electron chi connectivity index (χ1n) is 14.4. The van der Waals surface area contributed by atoms with Gasteiger partial charge in [0.2, 0.25) is 0 Å². The molecule has 0 saturated carbocycles. The third-order valence-corrected chi connectivity index (χ3v) is 10.2. The summed E-state index contributed by atoms with van der Waals surface area (Å²) in [4.78, 5) is 46.3. The molecule has 0 bridgehead atoms. The molecule has 1 fully saturated rings. The minimum atomic E-state index is -1.42. The Labute approximate surface area is 253 Å². The van der Waals surface area contributed by atoms with E-state index in [1.807, 2.05) is 61.5 Å². The van der Waals surface area contributed by atoms with Gasteiger partial charge in [0.1, 0.15) is 0 Å². The van der Waals surface area contributed by atoms with E-state index in [0.717, 1.165) is 55.8 Å². The van der Waals surface area contributed by atoms with Gasteiger partial charge in [-0.1, -0.05) is 0 Å². The van der Waals surface area contributed by atoms with Crippen molar-refractivity contribution in [2.45, 2.75) is 39.0 Å². The van der Waals surface area contributed by atoms with Crippen LogP contribution >= 0.6 is 0 Å². The zero-order valence-corrected chi connectivity index (χ0v) is 26.5. The first-order chi connectivity index (χ1) is 20.4. The molecule has 3 aromatic rings. The molecule has 1 aromatic heterocycles. The van der Waals surface area contributed by atoms with E-state index in [9.17, 15) is 14.4 Å². The van der Waals surface area contributed by atoms with Crippen LogP contribution < -0.4 is 9.38 Å². The Morgan fingerprint density at radius 1 is 0.976 bits per heavy atom. The number of piperazine rings is 1. The summed E-state index contributed by atoms with van der Waals surface area (Å²) in [7, 11) is 3.64. The summed E-state index contributed by atoms with van der Waals surface area (Å²) in [6, 6.07) is 17.1. The second kappa shape index (κ2) is 13.7. The molecule has 0 radical (unpaired) electrons. The fourth-order valence-electron chi connectivity index (χ4n) is 5.25. The van der Waals surface area contributed by atoms with E-state index in [1.54, 1.807) is 4.90 Å². The molecule has 10 nitrogen and oxygen atoms in total. The molecule has 1 amide bonds. The Hall–Kier alpha value is -3.46. The molecular formula is C31H38AsN5O5. The number of aromatic nitrogens is 2. The molecule has 2 atom stereocenters. The van der Waals surface area contributed by atoms with Crippen LogP contribution in [0.4, 0.5) is 10.5 Å². The summed E-state index contributed by atoms with van der Waals surface area (Å²) in [5.74, 6) is -0.206. The molecule has 1 saturated heterocycles. The predicted octanol–water partition coefficient (Wildman–Crippen LogP) is 2.55. The van der Waals surface area contributed by atoms with Gasteiger partial charge in [-0.15, -0.1) is 0 Å². The number of anilines is 1. The number of ether oxygens (including phenoxy) is 2. The molecule has 0 N–H and O–H groups in total. The number of rotatable bonds is 10. The third kappa shape index (κ3) is 6.61. The van der Waals surface area contributed by atoms with Crippen molar-refractivity contribution in [3.05, 3.63) is 77.0 Å². The summed E-state index contributed by atoms with van der Waals surface area (Å²) in [6.45, 7) is 6.70. The molecule has 2 aliphatic heterocycles. The van der Waals surface area contributed by atoms with Crippen LogP contribution in [0.2, 0.25) is 0 Å². The maximum absolute atomic E-state index is 13.6. The first kappa shape index (κ1) is 30.0. The van der Waals surface area contributed by atoms with Gasteiger partial charge in [0.15, 0.2) is 0 Å². The summed E-state index contributed by atoms with van der Waals surface area (Å²) < 4.78 is 12.9. The number of unbranched alkanes of at least 4 members (excludes halogenated alkanes) is 1. The number of carbonyl (C=O) groups excluding carboxylic acids is 3. The van der Waals surface area contributed by atoms with Crippen molar-refractivity contribution in [2.24, 2.45) is 0 Å². The molecule has 222 valence electrons. The van der Waals surface area contributed by atoms with Crippen LogP contribution in [-0.4, -0.2) is 98.8 Å². The fourth-order valence-corrected chi connectivity index (χ4v) is 7.46. The predicted molar refractivity (Wildman–Crippen MR) is 162 cm³/mol. The molecule has 0 aliphatic carbocycles. The Morgan fingerprint density at radius 2 is 1.69 bits per heavy atom. The van der Waals surface area contributed by atoms with Gasteiger partial charge in [-0.2, -0.15) is 0 Å². The SMILES string of the molecule is CCCCOC(=O)n1nc([AsH]C(=O)c2ccc(N3CCN(C)CC3)cc2)c2c1CN(C(=O)[C@H](OC)c1ccccc1)C2. The standard InChI is InChI=1S/C31H38AsN5O5/c1-4-5-19-42-31(40)37-26-21-36(30(39)27(41-3)22-9-7-6-8-10-22)20-25(26)28(33-37)32-29(38)23-11-13-24(14-12-23)35-17-15-34(2)16-18-35/h6-14,27,32H,4-5,15-21H2,1-3H3/t27-/m1/s1. The number of hydrogen-bond acceptors (Lipinski definition) is 8. The van der Waals surface area contributed by atoms with E-state index in [-0.39, 0.29) is 30.2 Å². The molecule has 2 aromatic carbocycles. The average molecular weight is 636 g/mol. The Morgan fingerprint density at radius 3 is 2.36 bits per heavy atom. The zero-order valence-electron chi connectivity index (χ0n) is 24.4. The van der Waals surface area contributed by atoms with Crippen molar-refractivity contribution in [1.82, 2.24) is 19.6 Å². The maximum atomic E-state index is 13.6. The van der Waals surface area contributed by atoms with E-state index >= 15 is 0 Å². The minimum absolute atomic E-state index is 0.0237. The molecular weight excluding hydrogens is 597 g/mol. The van der Waals surface area contributed by atoms with Crippen LogP contribution in [0.3, 0.4) is 0 Å². The molecule has 5 rings (SSSR count). The second-order valence-electron chi connectivity index (χ2n) is 10.7. The first-order valence-corrected chi connectivity index (χ1v) is 16.5. The number of carbonyl (C=O) groups is 3. The van der Waals surface area contributed by atoms with Gasteiger partial charge in [0.05, 0.1) is 0 Å². The molecule has 3 heterocycles. The number of amides is 1. The number of likely N-dealkylation sites (N-methyl/N-ethyl adjacent to an activating group) is 1. The average Bonchev–Trinajstić information content (AvgIpc) is 3.59. The zero-order chi connectivity index (χ0) is 29.6. The molecule has 1 unspecified atom stereocenters. The van der Waals surface area contributed by atoms with Gasteiger partial charge >= 0.3 is 254 Å².